The molecular formula is C10H10BrIN2. The van der Waals surface area contributed by atoms with Crippen molar-refractivity contribution in [2.24, 2.45) is 5.92 Å². The molecule has 1 atom stereocenters. The van der Waals surface area contributed by atoms with E-state index in [9.17, 15) is 0 Å². The van der Waals surface area contributed by atoms with E-state index in [-0.39, 0.29) is 5.92 Å². The number of hydrogen-bond acceptors (Lipinski definition) is 2. The third kappa shape index (κ3) is 3.46. The second-order valence-electron chi connectivity index (χ2n) is 3.04. The smallest absolute Gasteiger partial charge is 0.0671 e. The molecule has 0 aromatic heterocycles. The third-order valence-corrected chi connectivity index (χ3v) is 3.08. The predicted molar refractivity (Wildman–Crippen MR) is 70.1 cm³/mol. The van der Waals surface area contributed by atoms with Crippen molar-refractivity contribution in [3.05, 3.63) is 26.2 Å². The van der Waals surface area contributed by atoms with Gasteiger partial charge in [0.25, 0.3) is 0 Å². The van der Waals surface area contributed by atoms with Crippen LogP contribution in [0.2, 0.25) is 0 Å². The number of rotatable bonds is 3. The van der Waals surface area contributed by atoms with Gasteiger partial charge in [0.15, 0.2) is 0 Å². The fourth-order valence-corrected chi connectivity index (χ4v) is 2.38. The number of hydrogen-bond donors (Lipinski definition) is 1. The summed E-state index contributed by atoms with van der Waals surface area (Å²) in [5.74, 6) is 0.0289. The Morgan fingerprint density at radius 1 is 1.64 bits per heavy atom. The molecule has 1 rings (SSSR count). The zero-order valence-electron chi connectivity index (χ0n) is 7.72. The molecule has 74 valence electrons. The maximum Gasteiger partial charge on any atom is 0.0671 e. The summed E-state index contributed by atoms with van der Waals surface area (Å²) in [6, 6.07) is 8.27. The average molecular weight is 365 g/mol. The van der Waals surface area contributed by atoms with E-state index in [1.807, 2.05) is 25.1 Å². The van der Waals surface area contributed by atoms with E-state index in [0.717, 1.165) is 10.2 Å². The lowest BCUT2D eigenvalue weighted by atomic mass is 10.2. The topological polar surface area (TPSA) is 35.8 Å². The molecule has 0 amide bonds. The summed E-state index contributed by atoms with van der Waals surface area (Å²) in [6.07, 6.45) is 0. The number of nitrogens with zero attached hydrogens (tertiary/aromatic N) is 1. The molecule has 0 aliphatic rings. The van der Waals surface area contributed by atoms with Crippen molar-refractivity contribution in [2.75, 3.05) is 11.9 Å². The van der Waals surface area contributed by atoms with Crippen LogP contribution in [0.5, 0.6) is 0 Å². The summed E-state index contributed by atoms with van der Waals surface area (Å²) in [4.78, 5) is 0. The van der Waals surface area contributed by atoms with Gasteiger partial charge in [-0.25, -0.2) is 0 Å². The molecule has 0 aliphatic heterocycles. The first-order valence-electron chi connectivity index (χ1n) is 4.22. The molecule has 4 heteroatoms. The highest BCUT2D eigenvalue weighted by molar-refractivity contribution is 14.1. The van der Waals surface area contributed by atoms with Crippen LogP contribution >= 0.6 is 38.5 Å². The Morgan fingerprint density at radius 3 is 2.93 bits per heavy atom. The Bertz CT molecular complexity index is 360. The van der Waals surface area contributed by atoms with E-state index in [4.69, 9.17) is 5.26 Å². The summed E-state index contributed by atoms with van der Waals surface area (Å²) in [7, 11) is 0. The van der Waals surface area contributed by atoms with Gasteiger partial charge in [0, 0.05) is 20.3 Å². The lowest BCUT2D eigenvalue weighted by molar-refractivity contribution is 0.786. The van der Waals surface area contributed by atoms with Crippen LogP contribution in [-0.4, -0.2) is 6.54 Å². The number of halogens is 2. The first-order chi connectivity index (χ1) is 6.63. The van der Waals surface area contributed by atoms with Crippen molar-refractivity contribution in [1.82, 2.24) is 0 Å². The first kappa shape index (κ1) is 11.8. The molecule has 0 radical (unpaired) electrons. The molecule has 2 nitrogen and oxygen atoms in total. The Labute approximate surface area is 106 Å². The van der Waals surface area contributed by atoms with E-state index in [0.29, 0.717) is 6.54 Å². The minimum absolute atomic E-state index is 0.0289. The summed E-state index contributed by atoms with van der Waals surface area (Å²) < 4.78 is 2.22. The molecule has 1 N–H and O–H groups in total. The molecule has 1 aromatic carbocycles. The number of anilines is 1. The maximum absolute atomic E-state index is 8.62. The van der Waals surface area contributed by atoms with Crippen molar-refractivity contribution in [3.8, 4) is 6.07 Å². The van der Waals surface area contributed by atoms with Gasteiger partial charge in [0.1, 0.15) is 0 Å². The Kier molecular flexibility index (Phi) is 4.69. The second kappa shape index (κ2) is 5.56. The van der Waals surface area contributed by atoms with E-state index < -0.39 is 0 Å². The van der Waals surface area contributed by atoms with E-state index in [2.05, 4.69) is 49.9 Å². The number of nitrogens with one attached hydrogen (secondary N) is 1. The number of nitriles is 1. The molecule has 1 aromatic rings. The normalized spacial score (nSPS) is 11.9. The molecule has 0 saturated carbocycles. The van der Waals surface area contributed by atoms with Crippen LogP contribution in [0.25, 0.3) is 0 Å². The van der Waals surface area contributed by atoms with Gasteiger partial charge in [-0.3, -0.25) is 0 Å². The lowest BCUT2D eigenvalue weighted by Crippen LogP contribution is -2.09. The molecule has 1 unspecified atom stereocenters. The van der Waals surface area contributed by atoms with Crippen LogP contribution in [0, 0.1) is 20.8 Å². The van der Waals surface area contributed by atoms with Crippen LogP contribution in [0.3, 0.4) is 0 Å². The van der Waals surface area contributed by atoms with Gasteiger partial charge in [-0.1, -0.05) is 0 Å². The van der Waals surface area contributed by atoms with E-state index in [1.165, 1.54) is 3.57 Å². The Balaban J connectivity index is 2.64. The summed E-state index contributed by atoms with van der Waals surface area (Å²) in [5.41, 5.74) is 1.03. The first-order valence-corrected chi connectivity index (χ1v) is 6.09. The minimum atomic E-state index is 0.0289. The van der Waals surface area contributed by atoms with Crippen molar-refractivity contribution in [1.29, 1.82) is 5.26 Å². The molecule has 0 spiro atoms. The predicted octanol–water partition coefficient (Wildman–Crippen LogP) is 3.63. The van der Waals surface area contributed by atoms with Crippen LogP contribution in [0.1, 0.15) is 6.92 Å². The molecule has 14 heavy (non-hydrogen) atoms. The minimum Gasteiger partial charge on any atom is -0.383 e. The molecule has 0 heterocycles. The standard InChI is InChI=1S/C10H10BrIN2/c1-7(5-13)6-14-10-3-2-8(12)4-9(10)11/h2-4,7,14H,6H2,1H3. The van der Waals surface area contributed by atoms with E-state index in [1.54, 1.807) is 0 Å². The van der Waals surface area contributed by atoms with Crippen molar-refractivity contribution in [3.63, 3.8) is 0 Å². The summed E-state index contributed by atoms with van der Waals surface area (Å²) in [5, 5.41) is 11.8. The van der Waals surface area contributed by atoms with Crippen LogP contribution < -0.4 is 5.32 Å². The summed E-state index contributed by atoms with van der Waals surface area (Å²) >= 11 is 5.73. The lowest BCUT2D eigenvalue weighted by Gasteiger charge is -2.09. The van der Waals surface area contributed by atoms with Crippen LogP contribution in [0.15, 0.2) is 22.7 Å². The fourth-order valence-electron chi connectivity index (χ4n) is 0.942. The molecular weight excluding hydrogens is 355 g/mol. The Morgan fingerprint density at radius 2 is 2.36 bits per heavy atom. The zero-order valence-corrected chi connectivity index (χ0v) is 11.5. The fraction of sp³-hybridized carbons (Fsp3) is 0.300. The molecule has 0 saturated heterocycles. The molecule has 0 aliphatic carbocycles. The van der Waals surface area contributed by atoms with Gasteiger partial charge in [-0.05, 0) is 63.6 Å². The van der Waals surface area contributed by atoms with Crippen molar-refractivity contribution >= 4 is 44.2 Å². The van der Waals surface area contributed by atoms with Gasteiger partial charge in [0.05, 0.1) is 12.0 Å². The maximum atomic E-state index is 8.62. The molecule has 0 bridgehead atoms. The quantitative estimate of drug-likeness (QED) is 0.831. The van der Waals surface area contributed by atoms with Crippen molar-refractivity contribution in [2.45, 2.75) is 6.92 Å². The van der Waals surface area contributed by atoms with E-state index >= 15 is 0 Å². The van der Waals surface area contributed by atoms with Crippen LogP contribution in [0.4, 0.5) is 5.69 Å². The van der Waals surface area contributed by atoms with Gasteiger partial charge in [-0.15, -0.1) is 0 Å². The van der Waals surface area contributed by atoms with Crippen LogP contribution in [-0.2, 0) is 0 Å². The average Bonchev–Trinajstić information content (AvgIpc) is 2.16. The van der Waals surface area contributed by atoms with Gasteiger partial charge in [0.2, 0.25) is 0 Å². The largest absolute Gasteiger partial charge is 0.383 e. The highest BCUT2D eigenvalue weighted by Crippen LogP contribution is 2.24. The second-order valence-corrected chi connectivity index (χ2v) is 5.14. The Hall–Kier alpha value is -0.280. The zero-order chi connectivity index (χ0) is 10.6. The van der Waals surface area contributed by atoms with Gasteiger partial charge >= 0.3 is 0 Å². The highest BCUT2D eigenvalue weighted by Gasteiger charge is 2.02. The monoisotopic (exact) mass is 364 g/mol. The van der Waals surface area contributed by atoms with Gasteiger partial charge < -0.3 is 5.32 Å². The third-order valence-electron chi connectivity index (χ3n) is 1.75. The van der Waals surface area contributed by atoms with Gasteiger partial charge in [-0.2, -0.15) is 5.26 Å². The highest BCUT2D eigenvalue weighted by atomic mass is 127. The number of benzene rings is 1. The van der Waals surface area contributed by atoms with Crippen molar-refractivity contribution < 1.29 is 0 Å². The SMILES string of the molecule is CC(C#N)CNc1ccc(I)cc1Br. The summed E-state index contributed by atoms with van der Waals surface area (Å²) in [6.45, 7) is 2.57. The molecule has 0 fully saturated rings.